The lowest BCUT2D eigenvalue weighted by Crippen LogP contribution is -2.44. The van der Waals surface area contributed by atoms with Crippen molar-refractivity contribution in [2.24, 2.45) is 0 Å². The van der Waals surface area contributed by atoms with Gasteiger partial charge in [-0.15, -0.1) is 0 Å². The summed E-state index contributed by atoms with van der Waals surface area (Å²) in [6, 6.07) is 9.98. The number of benzene rings is 2. The zero-order valence-electron chi connectivity index (χ0n) is 16.2. The van der Waals surface area contributed by atoms with E-state index < -0.39 is 5.91 Å². The van der Waals surface area contributed by atoms with Gasteiger partial charge in [-0.2, -0.15) is 0 Å². The lowest BCUT2D eigenvalue weighted by atomic mass is 10.1. The van der Waals surface area contributed by atoms with Crippen LogP contribution in [0.3, 0.4) is 0 Å². The Hall–Kier alpha value is -2.90. The molecule has 2 aliphatic rings. The van der Waals surface area contributed by atoms with Gasteiger partial charge in [0, 0.05) is 43.8 Å². The molecule has 0 radical (unpaired) electrons. The van der Waals surface area contributed by atoms with E-state index in [2.05, 4.69) is 22.2 Å². The van der Waals surface area contributed by atoms with E-state index in [9.17, 15) is 14.4 Å². The van der Waals surface area contributed by atoms with Crippen molar-refractivity contribution in [3.05, 3.63) is 58.1 Å². The van der Waals surface area contributed by atoms with E-state index in [0.29, 0.717) is 21.8 Å². The van der Waals surface area contributed by atoms with Crippen molar-refractivity contribution in [3.63, 3.8) is 0 Å². The summed E-state index contributed by atoms with van der Waals surface area (Å²) in [6.45, 7) is 3.57. The molecule has 4 rings (SSSR count). The van der Waals surface area contributed by atoms with Crippen LogP contribution in [-0.4, -0.2) is 67.8 Å². The van der Waals surface area contributed by atoms with Gasteiger partial charge < -0.3 is 15.1 Å². The lowest BCUT2D eigenvalue weighted by Gasteiger charge is -2.35. The van der Waals surface area contributed by atoms with Crippen LogP contribution >= 0.6 is 11.6 Å². The van der Waals surface area contributed by atoms with Crippen molar-refractivity contribution in [1.29, 1.82) is 0 Å². The first-order valence-electron chi connectivity index (χ1n) is 9.36. The van der Waals surface area contributed by atoms with Crippen LogP contribution in [0.4, 0.5) is 11.4 Å². The van der Waals surface area contributed by atoms with Crippen LogP contribution < -0.4 is 10.2 Å². The minimum atomic E-state index is -0.402. The number of anilines is 2. The number of rotatable bonds is 3. The number of likely N-dealkylation sites (N-methyl/N-ethyl adjacent to an activating group) is 1. The van der Waals surface area contributed by atoms with Crippen molar-refractivity contribution >= 4 is 40.7 Å². The Morgan fingerprint density at radius 3 is 2.34 bits per heavy atom. The highest BCUT2D eigenvalue weighted by Gasteiger charge is 2.33. The lowest BCUT2D eigenvalue weighted by molar-refractivity contribution is 0.0693. The average molecular weight is 413 g/mol. The summed E-state index contributed by atoms with van der Waals surface area (Å²) in [5.74, 6) is -1.12. The Balaban J connectivity index is 1.60. The number of imide groups is 1. The van der Waals surface area contributed by atoms with Crippen molar-refractivity contribution in [2.45, 2.75) is 0 Å². The van der Waals surface area contributed by atoms with Crippen LogP contribution in [0.1, 0.15) is 31.1 Å². The van der Waals surface area contributed by atoms with Crippen LogP contribution in [-0.2, 0) is 0 Å². The molecule has 0 saturated carbocycles. The second kappa shape index (κ2) is 7.50. The molecule has 1 saturated heterocycles. The van der Waals surface area contributed by atoms with Crippen molar-refractivity contribution < 1.29 is 14.4 Å². The Morgan fingerprint density at radius 2 is 1.62 bits per heavy atom. The second-order valence-corrected chi connectivity index (χ2v) is 7.77. The number of halogens is 1. The Labute approximate surface area is 173 Å². The zero-order valence-corrected chi connectivity index (χ0v) is 17.0. The van der Waals surface area contributed by atoms with Crippen LogP contribution in [0.5, 0.6) is 0 Å². The molecule has 8 heteroatoms. The third-order valence-electron chi connectivity index (χ3n) is 5.40. The van der Waals surface area contributed by atoms with E-state index in [-0.39, 0.29) is 17.4 Å². The van der Waals surface area contributed by atoms with E-state index in [1.807, 2.05) is 6.07 Å². The Morgan fingerprint density at radius 1 is 0.931 bits per heavy atom. The molecular weight excluding hydrogens is 392 g/mol. The van der Waals surface area contributed by atoms with E-state index in [1.54, 1.807) is 18.2 Å². The van der Waals surface area contributed by atoms with Crippen molar-refractivity contribution in [2.75, 3.05) is 50.5 Å². The number of fused-ring (bicyclic) bond motifs is 1. The molecule has 0 atom stereocenters. The molecule has 1 fully saturated rings. The third kappa shape index (κ3) is 3.59. The highest BCUT2D eigenvalue weighted by atomic mass is 35.5. The summed E-state index contributed by atoms with van der Waals surface area (Å²) in [4.78, 5) is 42.7. The first-order chi connectivity index (χ1) is 13.8. The predicted octanol–water partition coefficient (Wildman–Crippen LogP) is 2.57. The fraction of sp³-hybridized carbons (Fsp3) is 0.286. The van der Waals surface area contributed by atoms with E-state index in [4.69, 9.17) is 11.6 Å². The van der Waals surface area contributed by atoms with E-state index in [1.165, 1.54) is 19.2 Å². The summed E-state index contributed by atoms with van der Waals surface area (Å²) in [5, 5.41) is 3.44. The molecule has 2 aromatic rings. The molecule has 7 nitrogen and oxygen atoms in total. The predicted molar refractivity (Wildman–Crippen MR) is 112 cm³/mol. The van der Waals surface area contributed by atoms with Gasteiger partial charge >= 0.3 is 0 Å². The molecule has 0 aromatic heterocycles. The average Bonchev–Trinajstić information content (AvgIpc) is 2.93. The Bertz CT molecular complexity index is 1010. The topological polar surface area (TPSA) is 73.0 Å². The SMILES string of the molecule is CN1CCN(c2ccc(Cl)cc2NC(=O)c2ccc3c(c2)C(=O)N(C)C3=O)CC1. The molecular formula is C21H21ClN4O3. The summed E-state index contributed by atoms with van der Waals surface area (Å²) in [6.07, 6.45) is 0. The van der Waals surface area contributed by atoms with Gasteiger partial charge in [0.25, 0.3) is 17.7 Å². The number of hydrogen-bond donors (Lipinski definition) is 1. The van der Waals surface area contributed by atoms with Crippen LogP contribution in [0.2, 0.25) is 5.02 Å². The largest absolute Gasteiger partial charge is 0.367 e. The van der Waals surface area contributed by atoms with Crippen molar-refractivity contribution in [3.8, 4) is 0 Å². The minimum Gasteiger partial charge on any atom is -0.367 e. The van der Waals surface area contributed by atoms with E-state index in [0.717, 1.165) is 36.8 Å². The Kier molecular flexibility index (Phi) is 5.02. The van der Waals surface area contributed by atoms with Gasteiger partial charge in [-0.3, -0.25) is 19.3 Å². The molecule has 150 valence electrons. The minimum absolute atomic E-state index is 0.246. The number of nitrogens with zero attached hydrogens (tertiary/aromatic N) is 3. The van der Waals surface area contributed by atoms with E-state index >= 15 is 0 Å². The van der Waals surface area contributed by atoms with Crippen LogP contribution in [0, 0.1) is 0 Å². The van der Waals surface area contributed by atoms with Gasteiger partial charge in [0.1, 0.15) is 0 Å². The molecule has 2 heterocycles. The normalized spacial score (nSPS) is 16.9. The maximum absolute atomic E-state index is 12.9. The summed E-state index contributed by atoms with van der Waals surface area (Å²) < 4.78 is 0. The highest BCUT2D eigenvalue weighted by molar-refractivity contribution is 6.31. The summed E-state index contributed by atoms with van der Waals surface area (Å²) in [5.41, 5.74) is 2.39. The van der Waals surface area contributed by atoms with Crippen molar-refractivity contribution in [1.82, 2.24) is 9.80 Å². The second-order valence-electron chi connectivity index (χ2n) is 7.34. The van der Waals surface area contributed by atoms with Gasteiger partial charge in [-0.1, -0.05) is 11.6 Å². The number of nitrogens with one attached hydrogen (secondary N) is 1. The molecule has 0 spiro atoms. The summed E-state index contributed by atoms with van der Waals surface area (Å²) >= 11 is 6.17. The van der Waals surface area contributed by atoms with Gasteiger partial charge in [-0.05, 0) is 43.4 Å². The maximum Gasteiger partial charge on any atom is 0.261 e. The van der Waals surface area contributed by atoms with Gasteiger partial charge in [0.15, 0.2) is 0 Å². The van der Waals surface area contributed by atoms with Gasteiger partial charge in [0.2, 0.25) is 0 Å². The third-order valence-corrected chi connectivity index (χ3v) is 5.64. The molecule has 2 aliphatic heterocycles. The highest BCUT2D eigenvalue weighted by Crippen LogP contribution is 2.31. The number of amides is 3. The first kappa shape index (κ1) is 19.4. The first-order valence-corrected chi connectivity index (χ1v) is 9.74. The molecule has 29 heavy (non-hydrogen) atoms. The standard InChI is InChI=1S/C21H21ClN4O3/c1-24-7-9-26(10-8-24)18-6-4-14(22)12-17(18)23-19(27)13-3-5-15-16(11-13)21(29)25(2)20(15)28/h3-6,11-12H,7-10H2,1-2H3,(H,23,27). The molecule has 2 aromatic carbocycles. The molecule has 0 aliphatic carbocycles. The fourth-order valence-corrected chi connectivity index (χ4v) is 3.80. The number of piperazine rings is 1. The fourth-order valence-electron chi connectivity index (χ4n) is 3.63. The smallest absolute Gasteiger partial charge is 0.261 e. The summed E-state index contributed by atoms with van der Waals surface area (Å²) in [7, 11) is 3.51. The molecule has 0 bridgehead atoms. The van der Waals surface area contributed by atoms with Gasteiger partial charge in [0.05, 0.1) is 22.5 Å². The van der Waals surface area contributed by atoms with Crippen LogP contribution in [0.25, 0.3) is 0 Å². The molecule has 1 N–H and O–H groups in total. The van der Waals surface area contributed by atoms with Crippen LogP contribution in [0.15, 0.2) is 36.4 Å². The van der Waals surface area contributed by atoms with Gasteiger partial charge in [-0.25, -0.2) is 0 Å². The zero-order chi connectivity index (χ0) is 20.7. The number of carbonyl (C=O) groups is 3. The maximum atomic E-state index is 12.9. The monoisotopic (exact) mass is 412 g/mol. The molecule has 0 unspecified atom stereocenters. The molecule has 3 amide bonds. The quantitative estimate of drug-likeness (QED) is 0.784. The number of hydrogen-bond acceptors (Lipinski definition) is 5. The number of carbonyl (C=O) groups excluding carboxylic acids is 3.